The number of primary sulfonamides is 1. The van der Waals surface area contributed by atoms with Crippen LogP contribution in [-0.2, 0) is 19.1 Å². The van der Waals surface area contributed by atoms with Crippen molar-refractivity contribution >= 4 is 39.8 Å². The molecule has 33 heavy (non-hydrogen) atoms. The molecule has 0 saturated heterocycles. The molecule has 3 unspecified atom stereocenters. The first kappa shape index (κ1) is 24.8. The van der Waals surface area contributed by atoms with Crippen molar-refractivity contribution in [3.8, 4) is 0 Å². The van der Waals surface area contributed by atoms with Gasteiger partial charge in [0.2, 0.25) is 10.0 Å². The molecule has 12 heteroatoms. The van der Waals surface area contributed by atoms with Crippen LogP contribution in [0, 0.1) is 10.1 Å². The van der Waals surface area contributed by atoms with E-state index in [2.05, 4.69) is 5.32 Å². The molecule has 0 bridgehead atoms. The van der Waals surface area contributed by atoms with Crippen LogP contribution in [0.1, 0.15) is 31.6 Å². The van der Waals surface area contributed by atoms with E-state index in [-0.39, 0.29) is 21.4 Å². The summed E-state index contributed by atoms with van der Waals surface area (Å²) < 4.78 is 42.9. The van der Waals surface area contributed by atoms with Crippen LogP contribution >= 0.6 is 7.60 Å². The normalized spacial score (nSPS) is 15.5. The highest BCUT2D eigenvalue weighted by molar-refractivity contribution is 7.89. The van der Waals surface area contributed by atoms with E-state index in [0.717, 1.165) is 6.07 Å². The zero-order chi connectivity index (χ0) is 24.4. The summed E-state index contributed by atoms with van der Waals surface area (Å²) in [4.78, 5) is 21.8. The number of hydrogen-bond acceptors (Lipinski definition) is 7. The minimum Gasteiger partial charge on any atom is -0.362 e. The van der Waals surface area contributed by atoms with Gasteiger partial charge in [0.1, 0.15) is 5.69 Å². The van der Waals surface area contributed by atoms with Crippen molar-refractivity contribution in [2.45, 2.75) is 37.1 Å². The summed E-state index contributed by atoms with van der Waals surface area (Å²) >= 11 is 0. The van der Waals surface area contributed by atoms with E-state index >= 15 is 0 Å². The van der Waals surface area contributed by atoms with E-state index in [1.807, 2.05) is 0 Å². The Morgan fingerprint density at radius 2 is 1.79 bits per heavy atom. The zero-order valence-corrected chi connectivity index (χ0v) is 19.6. The van der Waals surface area contributed by atoms with Crippen molar-refractivity contribution in [2.24, 2.45) is 5.14 Å². The summed E-state index contributed by atoms with van der Waals surface area (Å²) in [6.45, 7) is 3.43. The number of nitro benzene ring substituents is 1. The third-order valence-corrected chi connectivity index (χ3v) is 7.84. The number of benzene rings is 3. The Bertz CT molecular complexity index is 1330. The first-order valence-electron chi connectivity index (χ1n) is 10.0. The fraction of sp³-hybridized carbons (Fsp3) is 0.238. The van der Waals surface area contributed by atoms with E-state index in [1.54, 1.807) is 44.2 Å². The summed E-state index contributed by atoms with van der Waals surface area (Å²) in [5.74, 6) is -1.37. The van der Waals surface area contributed by atoms with Crippen LogP contribution in [0.5, 0.6) is 0 Å². The number of sulfonamides is 1. The number of fused-ring (bicyclic) bond motifs is 1. The Labute approximate surface area is 191 Å². The quantitative estimate of drug-likeness (QED) is 0.223. The molecule has 3 aromatic rings. The van der Waals surface area contributed by atoms with Crippen molar-refractivity contribution in [1.82, 2.24) is 0 Å². The molecule has 0 saturated carbocycles. The van der Waals surface area contributed by atoms with E-state index in [0.29, 0.717) is 12.0 Å². The van der Waals surface area contributed by atoms with Crippen LogP contribution in [0.3, 0.4) is 0 Å². The molecule has 0 aromatic heterocycles. The Morgan fingerprint density at radius 3 is 2.36 bits per heavy atom. The van der Waals surface area contributed by atoms with E-state index in [1.165, 1.54) is 24.3 Å². The minimum absolute atomic E-state index is 0.126. The molecular formula is C21H24N3O7PS. The topological polar surface area (TPSA) is 162 Å². The molecule has 3 rings (SSSR count). The lowest BCUT2D eigenvalue weighted by atomic mass is 10.1. The second-order valence-corrected chi connectivity index (χ2v) is 10.8. The van der Waals surface area contributed by atoms with Gasteiger partial charge in [0.25, 0.3) is 5.69 Å². The van der Waals surface area contributed by atoms with E-state index in [4.69, 9.17) is 9.66 Å². The molecule has 176 valence electrons. The molecule has 4 N–H and O–H groups in total. The summed E-state index contributed by atoms with van der Waals surface area (Å²) in [6.07, 6.45) is -0.0802. The molecule has 0 fully saturated rings. The lowest BCUT2D eigenvalue weighted by molar-refractivity contribution is -0.383. The SMILES string of the molecule is CCC(C)OP(=O)(O)C(Nc1c([N+](=O)[O-])ccc2c(S(N)(=O)=O)cccc12)c1ccccc1. The van der Waals surface area contributed by atoms with Gasteiger partial charge < -0.3 is 14.7 Å². The molecule has 0 amide bonds. The van der Waals surface area contributed by atoms with Crippen LogP contribution in [0.4, 0.5) is 11.4 Å². The zero-order valence-electron chi connectivity index (χ0n) is 17.9. The monoisotopic (exact) mass is 493 g/mol. The number of nitro groups is 1. The fourth-order valence-electron chi connectivity index (χ4n) is 3.39. The van der Waals surface area contributed by atoms with Crippen LogP contribution in [0.25, 0.3) is 10.8 Å². The number of nitrogens with two attached hydrogens (primary N) is 1. The standard InChI is InChI=1S/C21H24N3O7PS/c1-3-14(2)31-32(27,28)21(15-8-5-4-6-9-15)23-20-17-10-7-11-19(33(22,29)30)16(17)12-13-18(20)24(25)26/h4-14,21,23H,3H2,1-2H3,(H,27,28)(H2,22,29,30). The lowest BCUT2D eigenvalue weighted by Gasteiger charge is -2.27. The Kier molecular flexibility index (Phi) is 7.20. The fourth-order valence-corrected chi connectivity index (χ4v) is 5.77. The molecule has 0 aliphatic rings. The highest BCUT2D eigenvalue weighted by Crippen LogP contribution is 2.58. The second kappa shape index (κ2) is 9.58. The largest absolute Gasteiger partial charge is 0.362 e. The molecule has 0 radical (unpaired) electrons. The van der Waals surface area contributed by atoms with Gasteiger partial charge in [-0.2, -0.15) is 0 Å². The van der Waals surface area contributed by atoms with Crippen LogP contribution in [-0.4, -0.2) is 24.3 Å². The first-order valence-corrected chi connectivity index (χ1v) is 13.2. The lowest BCUT2D eigenvalue weighted by Crippen LogP contribution is -2.17. The Hall–Kier alpha value is -2.82. The van der Waals surface area contributed by atoms with Crippen molar-refractivity contribution in [3.63, 3.8) is 0 Å². The molecule has 0 heterocycles. The van der Waals surface area contributed by atoms with Gasteiger partial charge in [-0.15, -0.1) is 0 Å². The summed E-state index contributed by atoms with van der Waals surface area (Å²) in [6, 6.07) is 14.8. The van der Waals surface area contributed by atoms with Crippen molar-refractivity contribution in [3.05, 3.63) is 76.3 Å². The number of anilines is 1. The molecule has 0 aliphatic carbocycles. The van der Waals surface area contributed by atoms with Gasteiger partial charge in [-0.1, -0.05) is 49.4 Å². The van der Waals surface area contributed by atoms with Gasteiger partial charge in [0, 0.05) is 16.8 Å². The Morgan fingerprint density at radius 1 is 1.12 bits per heavy atom. The minimum atomic E-state index is -4.41. The van der Waals surface area contributed by atoms with E-state index in [9.17, 15) is 28.0 Å². The van der Waals surface area contributed by atoms with Gasteiger partial charge in [0.05, 0.1) is 15.9 Å². The van der Waals surface area contributed by atoms with Gasteiger partial charge in [0.15, 0.2) is 5.78 Å². The summed E-state index contributed by atoms with van der Waals surface area (Å²) in [5.41, 5.74) is -0.169. The maximum atomic E-state index is 13.3. The number of nitrogens with one attached hydrogen (secondary N) is 1. The third-order valence-electron chi connectivity index (χ3n) is 5.13. The number of nitrogens with zero attached hydrogens (tertiary/aromatic N) is 1. The van der Waals surface area contributed by atoms with Crippen LogP contribution in [0.15, 0.2) is 65.6 Å². The first-order chi connectivity index (χ1) is 15.5. The third kappa shape index (κ3) is 5.40. The highest BCUT2D eigenvalue weighted by atomic mass is 32.2. The highest BCUT2D eigenvalue weighted by Gasteiger charge is 2.37. The molecule has 0 aliphatic heterocycles. The molecule has 3 atom stereocenters. The Balaban J connectivity index is 2.27. The molecule has 10 nitrogen and oxygen atoms in total. The van der Waals surface area contributed by atoms with Gasteiger partial charge in [-0.3, -0.25) is 14.7 Å². The van der Waals surface area contributed by atoms with Gasteiger partial charge in [-0.25, -0.2) is 13.6 Å². The number of hydrogen-bond donors (Lipinski definition) is 3. The predicted molar refractivity (Wildman–Crippen MR) is 125 cm³/mol. The average Bonchev–Trinajstić information content (AvgIpc) is 2.76. The van der Waals surface area contributed by atoms with Gasteiger partial charge in [-0.05, 0) is 31.0 Å². The number of rotatable bonds is 9. The van der Waals surface area contributed by atoms with Crippen molar-refractivity contribution in [2.75, 3.05) is 5.32 Å². The second-order valence-electron chi connectivity index (χ2n) is 7.46. The summed E-state index contributed by atoms with van der Waals surface area (Å²) in [7, 11) is -8.55. The predicted octanol–water partition coefficient (Wildman–Crippen LogP) is 4.51. The van der Waals surface area contributed by atoms with Crippen LogP contribution < -0.4 is 10.5 Å². The smallest absolute Gasteiger partial charge is 0.354 e. The van der Waals surface area contributed by atoms with Gasteiger partial charge >= 0.3 is 7.60 Å². The van der Waals surface area contributed by atoms with Crippen molar-refractivity contribution in [1.29, 1.82) is 0 Å². The maximum Gasteiger partial charge on any atom is 0.354 e. The van der Waals surface area contributed by atoms with Crippen molar-refractivity contribution < 1.29 is 27.3 Å². The van der Waals surface area contributed by atoms with Crippen LogP contribution in [0.2, 0.25) is 0 Å². The summed E-state index contributed by atoms with van der Waals surface area (Å²) in [5, 5.41) is 20.2. The average molecular weight is 493 g/mol. The molecular weight excluding hydrogens is 469 g/mol. The maximum absolute atomic E-state index is 13.3. The van der Waals surface area contributed by atoms with E-state index < -0.39 is 40.1 Å². The molecule has 3 aromatic carbocycles. The molecule has 0 spiro atoms.